The smallest absolute Gasteiger partial charge is 0.343 e. The zero-order chi connectivity index (χ0) is 21.4. The SMILES string of the molecule is CN(C)CC1(CO)CCN(c2noc(-c3ccccc3)c2C(=O)O)CC1.O=CO. The molecule has 1 saturated heterocycles. The highest BCUT2D eigenvalue weighted by molar-refractivity contribution is 5.99. The fourth-order valence-electron chi connectivity index (χ4n) is 3.71. The first kappa shape index (κ1) is 22.4. The average molecular weight is 405 g/mol. The maximum atomic E-state index is 11.9. The van der Waals surface area contributed by atoms with Crippen molar-refractivity contribution in [1.29, 1.82) is 0 Å². The number of benzene rings is 1. The van der Waals surface area contributed by atoms with Crippen LogP contribution in [0, 0.1) is 5.41 Å². The van der Waals surface area contributed by atoms with Gasteiger partial charge >= 0.3 is 5.97 Å². The van der Waals surface area contributed by atoms with Gasteiger partial charge in [0.15, 0.2) is 17.1 Å². The van der Waals surface area contributed by atoms with E-state index in [1.807, 2.05) is 37.2 Å². The molecule has 1 aliphatic rings. The van der Waals surface area contributed by atoms with Crippen molar-refractivity contribution in [1.82, 2.24) is 10.1 Å². The number of hydrogen-bond acceptors (Lipinski definition) is 7. The van der Waals surface area contributed by atoms with E-state index in [0.717, 1.165) is 19.4 Å². The Kier molecular flexibility index (Phi) is 7.74. The Balaban J connectivity index is 0.000000941. The number of nitrogens with zero attached hydrogens (tertiary/aromatic N) is 3. The van der Waals surface area contributed by atoms with E-state index in [2.05, 4.69) is 10.1 Å². The van der Waals surface area contributed by atoms with E-state index in [1.165, 1.54) is 0 Å². The van der Waals surface area contributed by atoms with Gasteiger partial charge in [-0.3, -0.25) is 4.79 Å². The molecule has 2 heterocycles. The number of hydrogen-bond donors (Lipinski definition) is 3. The third kappa shape index (κ3) is 5.33. The maximum Gasteiger partial charge on any atom is 0.343 e. The number of aromatic nitrogens is 1. The normalized spacial score (nSPS) is 15.5. The van der Waals surface area contributed by atoms with Gasteiger partial charge < -0.3 is 29.6 Å². The minimum atomic E-state index is -1.05. The van der Waals surface area contributed by atoms with Gasteiger partial charge in [0.2, 0.25) is 0 Å². The first-order valence-electron chi connectivity index (χ1n) is 9.24. The number of aliphatic hydroxyl groups is 1. The second-order valence-electron chi connectivity index (χ2n) is 7.37. The van der Waals surface area contributed by atoms with E-state index in [-0.39, 0.29) is 29.8 Å². The summed E-state index contributed by atoms with van der Waals surface area (Å²) in [5.74, 6) is -0.402. The second-order valence-corrected chi connectivity index (χ2v) is 7.37. The molecule has 9 heteroatoms. The van der Waals surface area contributed by atoms with Crippen LogP contribution in [0.5, 0.6) is 0 Å². The molecule has 9 nitrogen and oxygen atoms in total. The van der Waals surface area contributed by atoms with Crippen molar-refractivity contribution in [3.05, 3.63) is 35.9 Å². The van der Waals surface area contributed by atoms with E-state index < -0.39 is 5.97 Å². The Hall–Kier alpha value is -2.91. The molecule has 1 aromatic carbocycles. The van der Waals surface area contributed by atoms with Gasteiger partial charge in [-0.1, -0.05) is 35.5 Å². The van der Waals surface area contributed by atoms with Crippen LogP contribution in [-0.2, 0) is 4.79 Å². The summed E-state index contributed by atoms with van der Waals surface area (Å²) in [5.41, 5.74) is 0.633. The Morgan fingerprint density at radius 3 is 2.34 bits per heavy atom. The van der Waals surface area contributed by atoms with Gasteiger partial charge in [0.1, 0.15) is 0 Å². The van der Waals surface area contributed by atoms with Crippen molar-refractivity contribution in [2.75, 3.05) is 45.2 Å². The minimum Gasteiger partial charge on any atom is -0.483 e. The van der Waals surface area contributed by atoms with Gasteiger partial charge in [-0.25, -0.2) is 4.79 Å². The third-order valence-electron chi connectivity index (χ3n) is 5.03. The number of carboxylic acids is 1. The number of rotatable bonds is 6. The Morgan fingerprint density at radius 2 is 1.86 bits per heavy atom. The first-order valence-corrected chi connectivity index (χ1v) is 9.24. The van der Waals surface area contributed by atoms with Crippen LogP contribution in [0.1, 0.15) is 23.2 Å². The molecule has 0 saturated carbocycles. The summed E-state index contributed by atoms with van der Waals surface area (Å²) in [4.78, 5) is 24.3. The molecule has 3 rings (SSSR count). The van der Waals surface area contributed by atoms with Crippen molar-refractivity contribution in [3.8, 4) is 11.3 Å². The summed E-state index contributed by atoms with van der Waals surface area (Å²) in [6, 6.07) is 9.15. The molecule has 0 spiro atoms. The van der Waals surface area contributed by atoms with Crippen molar-refractivity contribution in [2.24, 2.45) is 5.41 Å². The summed E-state index contributed by atoms with van der Waals surface area (Å²) in [5, 5.41) is 30.5. The van der Waals surface area contributed by atoms with Crippen molar-refractivity contribution < 1.29 is 29.4 Å². The number of aliphatic hydroxyl groups excluding tert-OH is 1. The van der Waals surface area contributed by atoms with Gasteiger partial charge in [-0.15, -0.1) is 0 Å². The molecular formula is C20H27N3O6. The van der Waals surface area contributed by atoms with E-state index in [0.29, 0.717) is 24.5 Å². The van der Waals surface area contributed by atoms with Gasteiger partial charge in [-0.2, -0.15) is 0 Å². The molecule has 1 aromatic heterocycles. The number of anilines is 1. The molecule has 158 valence electrons. The molecule has 3 N–H and O–H groups in total. The molecule has 29 heavy (non-hydrogen) atoms. The topological polar surface area (TPSA) is 127 Å². The lowest BCUT2D eigenvalue weighted by atomic mass is 9.78. The van der Waals surface area contributed by atoms with Crippen LogP contribution in [0.2, 0.25) is 0 Å². The van der Waals surface area contributed by atoms with Crippen LogP contribution < -0.4 is 4.90 Å². The second kappa shape index (κ2) is 10.0. The van der Waals surface area contributed by atoms with Crippen LogP contribution in [-0.4, -0.2) is 78.2 Å². The monoisotopic (exact) mass is 405 g/mol. The average Bonchev–Trinajstić information content (AvgIpc) is 3.15. The number of carboxylic acid groups (broad SMARTS) is 2. The first-order chi connectivity index (χ1) is 13.9. The number of carbonyl (C=O) groups is 2. The standard InChI is InChI=1S/C19H25N3O4.CH2O2/c1-21(2)12-19(13-23)8-10-22(11-9-19)17-15(18(24)25)16(26-20-17)14-6-4-3-5-7-14;2-1-3/h3-7,23H,8-13H2,1-2H3,(H,24,25);1H,(H,2,3). The molecule has 0 amide bonds. The quantitative estimate of drug-likeness (QED) is 0.617. The van der Waals surface area contributed by atoms with Crippen LogP contribution >= 0.6 is 0 Å². The van der Waals surface area contributed by atoms with E-state index in [1.54, 1.807) is 12.1 Å². The minimum absolute atomic E-state index is 0.0975. The van der Waals surface area contributed by atoms with Crippen LogP contribution in [0.15, 0.2) is 34.9 Å². The summed E-state index contributed by atoms with van der Waals surface area (Å²) >= 11 is 0. The lowest BCUT2D eigenvalue weighted by Gasteiger charge is -2.42. The molecular weight excluding hydrogens is 378 g/mol. The van der Waals surface area contributed by atoms with Gasteiger partial charge in [0.05, 0.1) is 6.61 Å². The summed E-state index contributed by atoms with van der Waals surface area (Å²) in [6.45, 7) is 1.95. The van der Waals surface area contributed by atoms with E-state index >= 15 is 0 Å². The van der Waals surface area contributed by atoms with Crippen molar-refractivity contribution in [2.45, 2.75) is 12.8 Å². The Bertz CT molecular complexity index is 798. The highest BCUT2D eigenvalue weighted by atomic mass is 16.5. The highest BCUT2D eigenvalue weighted by Crippen LogP contribution is 2.37. The molecule has 2 aromatic rings. The van der Waals surface area contributed by atoms with E-state index in [9.17, 15) is 15.0 Å². The van der Waals surface area contributed by atoms with Gasteiger partial charge in [-0.05, 0) is 26.9 Å². The molecule has 1 aliphatic heterocycles. The van der Waals surface area contributed by atoms with Gasteiger partial charge in [0, 0.05) is 30.6 Å². The van der Waals surface area contributed by atoms with Crippen LogP contribution in [0.4, 0.5) is 5.82 Å². The summed E-state index contributed by atoms with van der Waals surface area (Å²) < 4.78 is 5.41. The van der Waals surface area contributed by atoms with Crippen molar-refractivity contribution in [3.63, 3.8) is 0 Å². The molecule has 0 atom stereocenters. The van der Waals surface area contributed by atoms with Crippen molar-refractivity contribution >= 4 is 18.3 Å². The maximum absolute atomic E-state index is 11.9. The molecule has 1 fully saturated rings. The lowest BCUT2D eigenvalue weighted by molar-refractivity contribution is -0.122. The molecule has 0 aliphatic carbocycles. The summed E-state index contributed by atoms with van der Waals surface area (Å²) in [6.07, 6.45) is 1.54. The Morgan fingerprint density at radius 1 is 1.28 bits per heavy atom. The predicted molar refractivity (Wildman–Crippen MR) is 107 cm³/mol. The van der Waals surface area contributed by atoms with E-state index in [4.69, 9.17) is 14.4 Å². The predicted octanol–water partition coefficient (Wildman–Crippen LogP) is 1.88. The zero-order valence-electron chi connectivity index (χ0n) is 16.6. The number of piperidine rings is 1. The third-order valence-corrected chi connectivity index (χ3v) is 5.03. The fourth-order valence-corrected chi connectivity index (χ4v) is 3.71. The number of aromatic carboxylic acids is 1. The van der Waals surface area contributed by atoms with Crippen LogP contribution in [0.25, 0.3) is 11.3 Å². The largest absolute Gasteiger partial charge is 0.483 e. The van der Waals surface area contributed by atoms with Crippen LogP contribution in [0.3, 0.4) is 0 Å². The molecule has 0 bridgehead atoms. The summed E-state index contributed by atoms with van der Waals surface area (Å²) in [7, 11) is 3.99. The zero-order valence-corrected chi connectivity index (χ0v) is 16.6. The fraction of sp³-hybridized carbons (Fsp3) is 0.450. The highest BCUT2D eigenvalue weighted by Gasteiger charge is 2.37. The molecule has 0 radical (unpaired) electrons. The molecule has 0 unspecified atom stereocenters. The Labute approximate surface area is 169 Å². The van der Waals surface area contributed by atoms with Gasteiger partial charge in [0.25, 0.3) is 6.47 Å². The lowest BCUT2D eigenvalue weighted by Crippen LogP contribution is -2.47.